The Bertz CT molecular complexity index is 142. The largest absolute Gasteiger partial charge is 1.00 e. The molecule has 1 N–H and O–H groups in total. The Labute approximate surface area is 97.3 Å². The van der Waals surface area contributed by atoms with Crippen molar-refractivity contribution < 1.29 is 56.2 Å². The Morgan fingerprint density at radius 3 is 2.44 bits per heavy atom. The van der Waals surface area contributed by atoms with E-state index in [1.807, 2.05) is 0 Å². The van der Waals surface area contributed by atoms with Crippen molar-refractivity contribution in [3.05, 3.63) is 17.5 Å². The van der Waals surface area contributed by atoms with Crippen molar-refractivity contribution in [3.63, 3.8) is 0 Å². The number of ketones is 1. The zero-order chi connectivity index (χ0) is 5.98. The molecule has 0 atom stereocenters. The van der Waals surface area contributed by atoms with Crippen molar-refractivity contribution in [2.45, 2.75) is 19.3 Å². The van der Waals surface area contributed by atoms with E-state index in [1.165, 1.54) is 6.08 Å². The zero-order valence-electron chi connectivity index (χ0n) is 5.61. The van der Waals surface area contributed by atoms with E-state index in [-0.39, 0.29) is 57.2 Å². The van der Waals surface area contributed by atoms with Crippen molar-refractivity contribution in [1.29, 1.82) is 0 Å². The van der Waals surface area contributed by atoms with Gasteiger partial charge in [-0.3, -0.25) is 4.79 Å². The normalized spacial score (nSPS) is 18.2. The molecule has 1 rings (SSSR count). The van der Waals surface area contributed by atoms with Crippen LogP contribution in [0.2, 0.25) is 0 Å². The third kappa shape index (κ3) is 3.52. The molecule has 2 nitrogen and oxygen atoms in total. The molecular formula is C6H8KNO. The smallest absolute Gasteiger partial charge is 0.702 e. The maximum Gasteiger partial charge on any atom is 1.00 e. The maximum absolute atomic E-state index is 10.5. The fourth-order valence-corrected chi connectivity index (χ4v) is 0.792. The van der Waals surface area contributed by atoms with E-state index in [2.05, 4.69) is 0 Å². The second kappa shape index (κ2) is 4.63. The number of allylic oxidation sites excluding steroid dienone is 2. The number of hydrogen-bond acceptors (Lipinski definition) is 1. The first-order chi connectivity index (χ1) is 3.79. The van der Waals surface area contributed by atoms with Gasteiger partial charge < -0.3 is 5.73 Å². The average molecular weight is 149 g/mol. The standard InChI is InChI=1S/C6H9NO.K/c7-5-2-1-3-6(8)4-5;/h4H,1-3H2,(H2,7,8);/q;+1/p-1. The summed E-state index contributed by atoms with van der Waals surface area (Å²) in [6, 6.07) is 0. The molecule has 0 heterocycles. The molecule has 0 fully saturated rings. The second-order valence-electron chi connectivity index (χ2n) is 1.99. The molecule has 0 spiro atoms. The monoisotopic (exact) mass is 149 g/mol. The first-order valence-corrected chi connectivity index (χ1v) is 2.74. The number of nitrogens with one attached hydrogen (secondary N) is 1. The molecule has 9 heavy (non-hydrogen) atoms. The Balaban J connectivity index is 0.000000640. The summed E-state index contributed by atoms with van der Waals surface area (Å²) in [4.78, 5) is 10.5. The molecule has 0 amide bonds. The van der Waals surface area contributed by atoms with Crippen LogP contribution in [0.1, 0.15) is 19.3 Å². The van der Waals surface area contributed by atoms with Crippen LogP contribution in [0.4, 0.5) is 0 Å². The quantitative estimate of drug-likeness (QED) is 0.394. The van der Waals surface area contributed by atoms with Crippen molar-refractivity contribution in [2.24, 2.45) is 0 Å². The predicted molar refractivity (Wildman–Crippen MR) is 31.3 cm³/mol. The third-order valence-corrected chi connectivity index (χ3v) is 1.20. The van der Waals surface area contributed by atoms with E-state index in [4.69, 9.17) is 5.73 Å². The molecule has 3 heteroatoms. The van der Waals surface area contributed by atoms with E-state index in [1.54, 1.807) is 0 Å². The van der Waals surface area contributed by atoms with Gasteiger partial charge in [-0.25, -0.2) is 0 Å². The minimum Gasteiger partial charge on any atom is -0.702 e. The van der Waals surface area contributed by atoms with E-state index < -0.39 is 0 Å². The van der Waals surface area contributed by atoms with Gasteiger partial charge in [0.25, 0.3) is 0 Å². The third-order valence-electron chi connectivity index (χ3n) is 1.20. The van der Waals surface area contributed by atoms with E-state index in [9.17, 15) is 4.79 Å². The average Bonchev–Trinajstić information content (AvgIpc) is 1.64. The van der Waals surface area contributed by atoms with Crippen molar-refractivity contribution >= 4 is 5.78 Å². The summed E-state index contributed by atoms with van der Waals surface area (Å²) < 4.78 is 0. The van der Waals surface area contributed by atoms with Crippen LogP contribution < -0.4 is 51.4 Å². The van der Waals surface area contributed by atoms with Crippen LogP contribution in [0, 0.1) is 0 Å². The first kappa shape index (κ1) is 9.85. The van der Waals surface area contributed by atoms with Crippen LogP contribution in [0.5, 0.6) is 0 Å². The molecule has 0 unspecified atom stereocenters. The number of hydrogen-bond donors (Lipinski definition) is 0. The maximum atomic E-state index is 10.5. The van der Waals surface area contributed by atoms with Crippen molar-refractivity contribution in [1.82, 2.24) is 0 Å². The Hall–Kier alpha value is 0.846. The fourth-order valence-electron chi connectivity index (χ4n) is 0.792. The van der Waals surface area contributed by atoms with Gasteiger partial charge in [-0.05, 0) is 18.9 Å². The molecule has 1 aliphatic rings. The van der Waals surface area contributed by atoms with Gasteiger partial charge in [-0.15, -0.1) is 0 Å². The van der Waals surface area contributed by atoms with Crippen LogP contribution in [-0.4, -0.2) is 5.78 Å². The second-order valence-corrected chi connectivity index (χ2v) is 1.99. The minimum absolute atomic E-state index is 0. The Morgan fingerprint density at radius 1 is 1.44 bits per heavy atom. The molecule has 0 aromatic heterocycles. The molecule has 0 bridgehead atoms. The summed E-state index contributed by atoms with van der Waals surface area (Å²) in [5.74, 6) is 0.112. The van der Waals surface area contributed by atoms with Crippen molar-refractivity contribution in [2.75, 3.05) is 0 Å². The van der Waals surface area contributed by atoms with Crippen molar-refractivity contribution in [3.8, 4) is 0 Å². The van der Waals surface area contributed by atoms with Gasteiger partial charge >= 0.3 is 51.4 Å². The Morgan fingerprint density at radius 2 is 2.11 bits per heavy atom. The Kier molecular flexibility index (Phi) is 5.06. The summed E-state index contributed by atoms with van der Waals surface area (Å²) in [6.07, 6.45) is 3.71. The van der Waals surface area contributed by atoms with E-state index >= 15 is 0 Å². The molecule has 0 radical (unpaired) electrons. The molecule has 0 aromatic carbocycles. The molecule has 1 aliphatic carbocycles. The fraction of sp³-hybridized carbons (Fsp3) is 0.500. The molecular weight excluding hydrogens is 141 g/mol. The number of carbonyl (C=O) groups is 1. The van der Waals surface area contributed by atoms with Crippen LogP contribution in [-0.2, 0) is 4.79 Å². The van der Waals surface area contributed by atoms with Gasteiger partial charge in [0, 0.05) is 6.42 Å². The SMILES string of the molecule is [K+].[NH-]C1=CC(=O)CCC1. The van der Waals surface area contributed by atoms with Gasteiger partial charge in [0.1, 0.15) is 0 Å². The van der Waals surface area contributed by atoms with E-state index in [0.717, 1.165) is 12.8 Å². The topological polar surface area (TPSA) is 40.9 Å². The van der Waals surface area contributed by atoms with Gasteiger partial charge in [0.15, 0.2) is 5.78 Å². The summed E-state index contributed by atoms with van der Waals surface area (Å²) in [5.41, 5.74) is 7.53. The number of carbonyl (C=O) groups excluding carboxylic acids is 1. The molecule has 44 valence electrons. The summed E-state index contributed by atoms with van der Waals surface area (Å²) >= 11 is 0. The predicted octanol–water partition coefficient (Wildman–Crippen LogP) is -1.32. The zero-order valence-corrected chi connectivity index (χ0v) is 8.73. The number of rotatable bonds is 0. The van der Waals surface area contributed by atoms with Crippen LogP contribution >= 0.6 is 0 Å². The van der Waals surface area contributed by atoms with Gasteiger partial charge in [-0.1, -0.05) is 0 Å². The summed E-state index contributed by atoms with van der Waals surface area (Å²) in [7, 11) is 0. The molecule has 0 saturated heterocycles. The van der Waals surface area contributed by atoms with Crippen LogP contribution in [0.15, 0.2) is 11.8 Å². The molecule has 0 aromatic rings. The van der Waals surface area contributed by atoms with E-state index in [0.29, 0.717) is 12.1 Å². The molecule has 0 saturated carbocycles. The van der Waals surface area contributed by atoms with Gasteiger partial charge in [0.05, 0.1) is 0 Å². The molecule has 0 aliphatic heterocycles. The summed E-state index contributed by atoms with van der Waals surface area (Å²) in [5, 5.41) is 0. The summed E-state index contributed by atoms with van der Waals surface area (Å²) in [6.45, 7) is 0. The van der Waals surface area contributed by atoms with Crippen LogP contribution in [0.25, 0.3) is 5.73 Å². The van der Waals surface area contributed by atoms with Gasteiger partial charge in [-0.2, -0.15) is 5.70 Å². The first-order valence-electron chi connectivity index (χ1n) is 2.74. The van der Waals surface area contributed by atoms with Gasteiger partial charge in [0.2, 0.25) is 0 Å². The minimum atomic E-state index is 0. The van der Waals surface area contributed by atoms with Crippen LogP contribution in [0.3, 0.4) is 0 Å².